The number of pyridine rings is 1. The first-order chi connectivity index (χ1) is 14.8. The zero-order valence-electron chi connectivity index (χ0n) is 16.5. The predicted octanol–water partition coefficient (Wildman–Crippen LogP) is 4.96. The van der Waals surface area contributed by atoms with E-state index in [1.54, 1.807) is 6.20 Å². The van der Waals surface area contributed by atoms with Crippen molar-refractivity contribution in [2.75, 3.05) is 31.1 Å². The van der Waals surface area contributed by atoms with Gasteiger partial charge >= 0.3 is 6.18 Å². The number of carbonyl (C=O) groups excluding carboxylic acids is 1. The van der Waals surface area contributed by atoms with E-state index in [1.807, 2.05) is 17.0 Å². The Bertz CT molecular complexity index is 1150. The lowest BCUT2D eigenvalue weighted by Crippen LogP contribution is -2.49. The fraction of sp³-hybridized carbons (Fsp3) is 0.364. The smallest absolute Gasteiger partial charge is 0.367 e. The van der Waals surface area contributed by atoms with Crippen LogP contribution in [0.1, 0.15) is 18.4 Å². The molecule has 1 amide bonds. The molecule has 2 fully saturated rings. The molecule has 0 bridgehead atoms. The van der Waals surface area contributed by atoms with Crippen LogP contribution in [0.15, 0.2) is 36.5 Å². The SMILES string of the molecule is O=C(C1CC1)N1CCN(c2ccnc3[nH]c(-c4ccc(C(F)(F)F)cc4Cl)cc23)CC1. The topological polar surface area (TPSA) is 52.2 Å². The molecule has 1 aromatic carbocycles. The number of alkyl halides is 3. The van der Waals surface area contributed by atoms with Crippen LogP contribution >= 0.6 is 11.6 Å². The molecule has 0 atom stereocenters. The van der Waals surface area contributed by atoms with Crippen molar-refractivity contribution in [3.05, 3.63) is 47.1 Å². The predicted molar refractivity (Wildman–Crippen MR) is 113 cm³/mol. The molecule has 1 aliphatic carbocycles. The minimum absolute atomic E-state index is 0.0233. The van der Waals surface area contributed by atoms with Gasteiger partial charge in [0.2, 0.25) is 5.91 Å². The second-order valence-corrected chi connectivity index (χ2v) is 8.46. The molecule has 1 N–H and O–H groups in total. The summed E-state index contributed by atoms with van der Waals surface area (Å²) in [6.07, 6.45) is -0.736. The number of anilines is 1. The van der Waals surface area contributed by atoms with E-state index in [0.29, 0.717) is 30.0 Å². The van der Waals surface area contributed by atoms with Crippen LogP contribution in [0.4, 0.5) is 18.9 Å². The standard InChI is InChI=1S/C22H20ClF3N4O/c23-17-11-14(22(24,25)26)3-4-15(17)18-12-16-19(5-6-27-20(16)28-18)29-7-9-30(10-8-29)21(31)13-1-2-13/h3-6,11-13H,1-2,7-10H2,(H,27,28). The first-order valence-electron chi connectivity index (χ1n) is 10.2. The maximum Gasteiger partial charge on any atom is 0.416 e. The first-order valence-corrected chi connectivity index (χ1v) is 10.6. The Kier molecular flexibility index (Phi) is 4.84. The zero-order valence-corrected chi connectivity index (χ0v) is 17.3. The van der Waals surface area contributed by atoms with Gasteiger partial charge in [0.25, 0.3) is 0 Å². The third-order valence-corrected chi connectivity index (χ3v) is 6.27. The van der Waals surface area contributed by atoms with Crippen LogP contribution in [0.5, 0.6) is 0 Å². The Balaban J connectivity index is 1.42. The van der Waals surface area contributed by atoms with E-state index in [-0.39, 0.29) is 16.8 Å². The number of hydrogen-bond acceptors (Lipinski definition) is 3. The number of benzene rings is 1. The molecule has 3 heterocycles. The molecule has 9 heteroatoms. The molecule has 3 aromatic rings. The minimum Gasteiger partial charge on any atom is -0.367 e. The molecule has 31 heavy (non-hydrogen) atoms. The average Bonchev–Trinajstić information content (AvgIpc) is 3.51. The average molecular weight is 449 g/mol. The summed E-state index contributed by atoms with van der Waals surface area (Å²) in [6, 6.07) is 7.13. The number of piperazine rings is 1. The van der Waals surface area contributed by atoms with Crippen LogP contribution in [0.3, 0.4) is 0 Å². The molecule has 5 rings (SSSR count). The van der Waals surface area contributed by atoms with Crippen LogP contribution in [0.2, 0.25) is 5.02 Å². The van der Waals surface area contributed by atoms with Crippen molar-refractivity contribution in [1.29, 1.82) is 0 Å². The molecule has 1 saturated carbocycles. The summed E-state index contributed by atoms with van der Waals surface area (Å²) in [6.45, 7) is 2.81. The molecule has 5 nitrogen and oxygen atoms in total. The number of aromatic amines is 1. The van der Waals surface area contributed by atoms with Gasteiger partial charge in [-0.3, -0.25) is 4.79 Å². The Morgan fingerprint density at radius 3 is 2.48 bits per heavy atom. The summed E-state index contributed by atoms with van der Waals surface area (Å²) >= 11 is 6.17. The third kappa shape index (κ3) is 3.84. The van der Waals surface area contributed by atoms with Crippen LogP contribution in [0, 0.1) is 5.92 Å². The van der Waals surface area contributed by atoms with E-state index in [4.69, 9.17) is 11.6 Å². The highest BCUT2D eigenvalue weighted by Gasteiger charge is 2.35. The Hall–Kier alpha value is -2.74. The zero-order chi connectivity index (χ0) is 21.8. The summed E-state index contributed by atoms with van der Waals surface area (Å²) in [5.74, 6) is 0.486. The van der Waals surface area contributed by atoms with Crippen molar-refractivity contribution in [2.45, 2.75) is 19.0 Å². The van der Waals surface area contributed by atoms with Crippen LogP contribution in [-0.4, -0.2) is 47.0 Å². The van der Waals surface area contributed by atoms with Crippen molar-refractivity contribution >= 4 is 34.2 Å². The van der Waals surface area contributed by atoms with E-state index in [9.17, 15) is 18.0 Å². The second kappa shape index (κ2) is 7.44. The van der Waals surface area contributed by atoms with Crippen molar-refractivity contribution in [3.63, 3.8) is 0 Å². The summed E-state index contributed by atoms with van der Waals surface area (Å²) in [5.41, 5.74) is 1.93. The molecule has 162 valence electrons. The van der Waals surface area contributed by atoms with E-state index < -0.39 is 11.7 Å². The van der Waals surface area contributed by atoms with Gasteiger partial charge < -0.3 is 14.8 Å². The number of halogens is 4. The Labute approximate surface area is 181 Å². The lowest BCUT2D eigenvalue weighted by Gasteiger charge is -2.36. The maximum absolute atomic E-state index is 12.9. The van der Waals surface area contributed by atoms with Gasteiger partial charge in [-0.05, 0) is 37.1 Å². The van der Waals surface area contributed by atoms with E-state index >= 15 is 0 Å². The number of hydrogen-bond donors (Lipinski definition) is 1. The van der Waals surface area contributed by atoms with Crippen LogP contribution in [-0.2, 0) is 11.0 Å². The molecular formula is C22H20ClF3N4O. The Morgan fingerprint density at radius 1 is 1.10 bits per heavy atom. The molecule has 1 saturated heterocycles. The van der Waals surface area contributed by atoms with Gasteiger partial charge in [0.15, 0.2) is 0 Å². The van der Waals surface area contributed by atoms with E-state index in [1.165, 1.54) is 6.07 Å². The molecule has 0 unspecified atom stereocenters. The lowest BCUT2D eigenvalue weighted by molar-refractivity contribution is -0.137. The number of amides is 1. The van der Waals surface area contributed by atoms with E-state index in [2.05, 4.69) is 14.9 Å². The van der Waals surface area contributed by atoms with Crippen LogP contribution < -0.4 is 4.90 Å². The van der Waals surface area contributed by atoms with Gasteiger partial charge in [0, 0.05) is 60.6 Å². The number of aromatic nitrogens is 2. The summed E-state index contributed by atoms with van der Waals surface area (Å²) in [7, 11) is 0. The number of rotatable bonds is 3. The fourth-order valence-electron chi connectivity index (χ4n) is 4.10. The van der Waals surface area contributed by atoms with Gasteiger partial charge in [-0.25, -0.2) is 4.98 Å². The Morgan fingerprint density at radius 2 is 1.84 bits per heavy atom. The second-order valence-electron chi connectivity index (χ2n) is 8.05. The normalized spacial score (nSPS) is 17.4. The van der Waals surface area contributed by atoms with Crippen LogP contribution in [0.25, 0.3) is 22.3 Å². The van der Waals surface area contributed by atoms with Gasteiger partial charge in [-0.2, -0.15) is 13.2 Å². The number of carbonyl (C=O) groups is 1. The van der Waals surface area contributed by atoms with Gasteiger partial charge in [0.05, 0.1) is 10.6 Å². The molecule has 2 aliphatic rings. The van der Waals surface area contributed by atoms with Crippen molar-refractivity contribution in [2.24, 2.45) is 5.92 Å². The quantitative estimate of drug-likeness (QED) is 0.616. The molecule has 1 aliphatic heterocycles. The molecular weight excluding hydrogens is 429 g/mol. The molecule has 0 spiro atoms. The van der Waals surface area contributed by atoms with Gasteiger partial charge in [0.1, 0.15) is 5.65 Å². The number of nitrogens with one attached hydrogen (secondary N) is 1. The highest BCUT2D eigenvalue weighted by atomic mass is 35.5. The molecule has 0 radical (unpaired) electrons. The summed E-state index contributed by atoms with van der Waals surface area (Å²) in [5, 5.41) is 0.894. The van der Waals surface area contributed by atoms with E-state index in [0.717, 1.165) is 49.1 Å². The van der Waals surface area contributed by atoms with Crippen molar-refractivity contribution in [3.8, 4) is 11.3 Å². The first kappa shape index (κ1) is 20.2. The summed E-state index contributed by atoms with van der Waals surface area (Å²) < 4.78 is 38.8. The minimum atomic E-state index is -4.44. The molecule has 2 aromatic heterocycles. The maximum atomic E-state index is 12.9. The van der Waals surface area contributed by atoms with Crippen molar-refractivity contribution in [1.82, 2.24) is 14.9 Å². The number of nitrogens with zero attached hydrogens (tertiary/aromatic N) is 3. The number of H-pyrrole nitrogens is 1. The van der Waals surface area contributed by atoms with Gasteiger partial charge in [-0.1, -0.05) is 17.7 Å². The van der Waals surface area contributed by atoms with Gasteiger partial charge in [-0.15, -0.1) is 0 Å². The number of fused-ring (bicyclic) bond motifs is 1. The highest BCUT2D eigenvalue weighted by Crippen LogP contribution is 2.38. The summed E-state index contributed by atoms with van der Waals surface area (Å²) in [4.78, 5) is 24.0. The largest absolute Gasteiger partial charge is 0.416 e. The highest BCUT2D eigenvalue weighted by molar-refractivity contribution is 6.33. The fourth-order valence-corrected chi connectivity index (χ4v) is 4.38. The van der Waals surface area contributed by atoms with Crippen molar-refractivity contribution < 1.29 is 18.0 Å². The third-order valence-electron chi connectivity index (χ3n) is 5.95. The lowest BCUT2D eigenvalue weighted by atomic mass is 10.1. The monoisotopic (exact) mass is 448 g/mol.